The highest BCUT2D eigenvalue weighted by molar-refractivity contribution is 14.0. The maximum absolute atomic E-state index is 12.1. The van der Waals surface area contributed by atoms with E-state index in [0.29, 0.717) is 18.8 Å². The van der Waals surface area contributed by atoms with Crippen LogP contribution in [0.15, 0.2) is 21.7 Å². The second-order valence-electron chi connectivity index (χ2n) is 8.24. The predicted octanol–water partition coefficient (Wildman–Crippen LogP) is 3.10. The molecule has 30 heavy (non-hydrogen) atoms. The zero-order chi connectivity index (χ0) is 20.5. The number of halogens is 1. The van der Waals surface area contributed by atoms with E-state index in [2.05, 4.69) is 27.4 Å². The van der Waals surface area contributed by atoms with Crippen LogP contribution >= 0.6 is 24.0 Å². The third kappa shape index (κ3) is 7.44. The van der Waals surface area contributed by atoms with Crippen molar-refractivity contribution in [1.82, 2.24) is 20.4 Å². The van der Waals surface area contributed by atoms with Crippen molar-refractivity contribution in [3.8, 4) is 0 Å². The molecule has 0 saturated carbocycles. The van der Waals surface area contributed by atoms with Crippen LogP contribution in [0.3, 0.4) is 0 Å². The number of furan rings is 1. The van der Waals surface area contributed by atoms with Crippen LogP contribution < -0.4 is 10.6 Å². The second kappa shape index (κ2) is 13.2. The van der Waals surface area contributed by atoms with E-state index in [0.717, 1.165) is 43.5 Å². The number of hydrogen-bond donors (Lipinski definition) is 2. The molecule has 2 N–H and O–H groups in total. The standard InChI is InChI=1S/C22H37N5O2.HI/c1-3-23-22(25-11-7-10-24-21(28)20-18(2)9-15-29-20)27-14-8-19(17-27)16-26-12-5-4-6-13-26;/h9,15,19H,3-8,10-14,16-17H2,1-2H3,(H,23,25)(H,24,28);1H. The molecule has 0 bridgehead atoms. The number of nitrogens with zero attached hydrogens (tertiary/aromatic N) is 3. The molecule has 0 radical (unpaired) electrons. The molecule has 7 nitrogen and oxygen atoms in total. The number of rotatable bonds is 8. The fourth-order valence-corrected chi connectivity index (χ4v) is 4.26. The van der Waals surface area contributed by atoms with E-state index in [-0.39, 0.29) is 29.9 Å². The van der Waals surface area contributed by atoms with Crippen molar-refractivity contribution in [2.45, 2.75) is 46.0 Å². The quantitative estimate of drug-likeness (QED) is 0.234. The van der Waals surface area contributed by atoms with Crippen molar-refractivity contribution in [3.63, 3.8) is 0 Å². The molecule has 0 aliphatic carbocycles. The summed E-state index contributed by atoms with van der Waals surface area (Å²) in [5.74, 6) is 2.01. The molecule has 2 fully saturated rings. The number of nitrogens with one attached hydrogen (secondary N) is 2. The van der Waals surface area contributed by atoms with Gasteiger partial charge in [0.15, 0.2) is 11.7 Å². The Morgan fingerprint density at radius 1 is 1.23 bits per heavy atom. The van der Waals surface area contributed by atoms with Crippen LogP contribution in [0.25, 0.3) is 0 Å². The Balaban J connectivity index is 0.00000320. The van der Waals surface area contributed by atoms with E-state index in [9.17, 15) is 4.79 Å². The Morgan fingerprint density at radius 2 is 2.03 bits per heavy atom. The smallest absolute Gasteiger partial charge is 0.287 e. The van der Waals surface area contributed by atoms with E-state index in [1.165, 1.54) is 45.3 Å². The van der Waals surface area contributed by atoms with Crippen LogP contribution in [0, 0.1) is 12.8 Å². The number of amides is 1. The first-order valence-corrected chi connectivity index (χ1v) is 11.2. The minimum Gasteiger partial charge on any atom is -0.459 e. The van der Waals surface area contributed by atoms with E-state index in [1.807, 2.05) is 6.92 Å². The average Bonchev–Trinajstić information content (AvgIpc) is 3.36. The molecule has 170 valence electrons. The van der Waals surface area contributed by atoms with Gasteiger partial charge in [0.05, 0.1) is 6.26 Å². The fourth-order valence-electron chi connectivity index (χ4n) is 4.26. The molecule has 1 unspecified atom stereocenters. The zero-order valence-corrected chi connectivity index (χ0v) is 20.8. The summed E-state index contributed by atoms with van der Waals surface area (Å²) in [7, 11) is 0. The van der Waals surface area contributed by atoms with Crippen molar-refractivity contribution in [2.24, 2.45) is 10.9 Å². The van der Waals surface area contributed by atoms with Crippen LogP contribution in [0.1, 0.15) is 55.1 Å². The zero-order valence-electron chi connectivity index (χ0n) is 18.5. The first kappa shape index (κ1) is 25.0. The van der Waals surface area contributed by atoms with Crippen molar-refractivity contribution in [3.05, 3.63) is 23.7 Å². The highest BCUT2D eigenvalue weighted by Crippen LogP contribution is 2.20. The van der Waals surface area contributed by atoms with Crippen molar-refractivity contribution >= 4 is 35.8 Å². The molecule has 1 aromatic rings. The van der Waals surface area contributed by atoms with Gasteiger partial charge in [0, 0.05) is 44.8 Å². The number of guanidine groups is 1. The number of carbonyl (C=O) groups is 1. The molecule has 0 spiro atoms. The minimum absolute atomic E-state index is 0. The highest BCUT2D eigenvalue weighted by Gasteiger charge is 2.26. The maximum atomic E-state index is 12.1. The molecule has 2 aliphatic heterocycles. The third-order valence-electron chi connectivity index (χ3n) is 5.84. The Bertz CT molecular complexity index is 672. The van der Waals surface area contributed by atoms with Gasteiger partial charge in [0.25, 0.3) is 5.91 Å². The molecule has 1 atom stereocenters. The van der Waals surface area contributed by atoms with Crippen molar-refractivity contribution in [2.75, 3.05) is 52.4 Å². The summed E-state index contributed by atoms with van der Waals surface area (Å²) in [6.45, 7) is 12.1. The molecule has 0 aromatic carbocycles. The van der Waals surface area contributed by atoms with E-state index >= 15 is 0 Å². The molecule has 3 heterocycles. The van der Waals surface area contributed by atoms with E-state index in [4.69, 9.17) is 9.41 Å². The molecule has 3 rings (SSSR count). The average molecular weight is 531 g/mol. The van der Waals surface area contributed by atoms with Crippen LogP contribution in [0.2, 0.25) is 0 Å². The number of aliphatic imine (C=N–C) groups is 1. The fraction of sp³-hybridized carbons (Fsp3) is 0.727. The van der Waals surface area contributed by atoms with Gasteiger partial charge in [-0.15, -0.1) is 24.0 Å². The topological polar surface area (TPSA) is 73.1 Å². The highest BCUT2D eigenvalue weighted by atomic mass is 127. The van der Waals surface area contributed by atoms with Crippen LogP contribution in [-0.4, -0.2) is 74.0 Å². The van der Waals surface area contributed by atoms with Crippen molar-refractivity contribution < 1.29 is 9.21 Å². The van der Waals surface area contributed by atoms with Gasteiger partial charge in [0.2, 0.25) is 0 Å². The number of hydrogen-bond acceptors (Lipinski definition) is 4. The number of aryl methyl sites for hydroxylation is 1. The summed E-state index contributed by atoms with van der Waals surface area (Å²) in [5.41, 5.74) is 0.864. The van der Waals surface area contributed by atoms with Gasteiger partial charge < -0.3 is 24.9 Å². The first-order chi connectivity index (χ1) is 14.2. The van der Waals surface area contributed by atoms with Gasteiger partial charge in [-0.2, -0.15) is 0 Å². The predicted molar refractivity (Wildman–Crippen MR) is 132 cm³/mol. The second-order valence-corrected chi connectivity index (χ2v) is 8.24. The number of likely N-dealkylation sites (tertiary alicyclic amines) is 2. The lowest BCUT2D eigenvalue weighted by atomic mass is 10.1. The molecular formula is C22H38IN5O2. The summed E-state index contributed by atoms with van der Waals surface area (Å²) < 4.78 is 5.23. The Hall–Kier alpha value is -1.29. The van der Waals surface area contributed by atoms with Gasteiger partial charge in [-0.25, -0.2) is 0 Å². The number of carbonyl (C=O) groups excluding carboxylic acids is 1. The summed E-state index contributed by atoms with van der Waals surface area (Å²) in [4.78, 5) is 21.9. The van der Waals surface area contributed by atoms with E-state index < -0.39 is 0 Å². The Kier molecular flexibility index (Phi) is 11.0. The molecule has 1 aromatic heterocycles. The van der Waals surface area contributed by atoms with Gasteiger partial charge in [-0.05, 0) is 64.6 Å². The normalized spacial score (nSPS) is 20.1. The minimum atomic E-state index is -0.150. The van der Waals surface area contributed by atoms with E-state index in [1.54, 1.807) is 12.3 Å². The lowest BCUT2D eigenvalue weighted by Crippen LogP contribution is -2.41. The largest absolute Gasteiger partial charge is 0.459 e. The summed E-state index contributed by atoms with van der Waals surface area (Å²) >= 11 is 0. The van der Waals surface area contributed by atoms with Crippen LogP contribution in [0.5, 0.6) is 0 Å². The molecule has 8 heteroatoms. The SMILES string of the molecule is CCNC(=NCCCNC(=O)c1occc1C)N1CCC(CN2CCCCC2)C1.I. The summed E-state index contributed by atoms with van der Waals surface area (Å²) in [5, 5.41) is 6.35. The van der Waals surface area contributed by atoms with Gasteiger partial charge in [0.1, 0.15) is 0 Å². The molecule has 2 saturated heterocycles. The molecule has 1 amide bonds. The van der Waals surface area contributed by atoms with Gasteiger partial charge in [-0.1, -0.05) is 6.42 Å². The lowest BCUT2D eigenvalue weighted by molar-refractivity contribution is 0.0925. The van der Waals surface area contributed by atoms with Gasteiger partial charge >= 0.3 is 0 Å². The third-order valence-corrected chi connectivity index (χ3v) is 5.84. The van der Waals surface area contributed by atoms with Crippen LogP contribution in [0.4, 0.5) is 0 Å². The monoisotopic (exact) mass is 531 g/mol. The summed E-state index contributed by atoms with van der Waals surface area (Å²) in [6.07, 6.45) is 7.72. The lowest BCUT2D eigenvalue weighted by Gasteiger charge is -2.29. The Morgan fingerprint density at radius 3 is 2.73 bits per heavy atom. The van der Waals surface area contributed by atoms with Gasteiger partial charge in [-0.3, -0.25) is 9.79 Å². The van der Waals surface area contributed by atoms with Crippen LogP contribution in [-0.2, 0) is 0 Å². The number of piperidine rings is 1. The summed E-state index contributed by atoms with van der Waals surface area (Å²) in [6, 6.07) is 1.80. The van der Waals surface area contributed by atoms with Crippen molar-refractivity contribution in [1.29, 1.82) is 0 Å². The maximum Gasteiger partial charge on any atom is 0.287 e. The first-order valence-electron chi connectivity index (χ1n) is 11.2. The molecule has 2 aliphatic rings. The molecular weight excluding hydrogens is 493 g/mol. The Labute approximate surface area is 198 Å².